The van der Waals surface area contributed by atoms with Gasteiger partial charge in [0.2, 0.25) is 5.91 Å². The molecule has 3 aromatic carbocycles. The first kappa shape index (κ1) is 33.5. The number of aryl methyl sites for hydroxylation is 1. The number of aliphatic carboxylic acids is 1. The molecular weight excluding hydrogens is 574 g/mol. The van der Waals surface area contributed by atoms with Gasteiger partial charge in [0.25, 0.3) is 5.91 Å². The van der Waals surface area contributed by atoms with Crippen LogP contribution < -0.4 is 25.6 Å². The number of ether oxygens (including phenoxy) is 1. The number of carbonyl (C=O) groups is 4. The van der Waals surface area contributed by atoms with E-state index in [9.17, 15) is 28.0 Å². The van der Waals surface area contributed by atoms with Crippen molar-refractivity contribution in [3.63, 3.8) is 0 Å². The van der Waals surface area contributed by atoms with Crippen LogP contribution in [-0.2, 0) is 20.8 Å². The second-order valence-electron chi connectivity index (χ2n) is 10.6. The summed E-state index contributed by atoms with van der Waals surface area (Å²) in [5.74, 6) is -3.26. The van der Waals surface area contributed by atoms with Gasteiger partial charge in [0.05, 0.1) is 0 Å². The summed E-state index contributed by atoms with van der Waals surface area (Å²) in [6.45, 7) is 3.86. The maximum atomic E-state index is 13.6. The summed E-state index contributed by atoms with van der Waals surface area (Å²) in [5.41, 5.74) is 7.07. The summed E-state index contributed by atoms with van der Waals surface area (Å²) < 4.78 is 33.0. The van der Waals surface area contributed by atoms with Crippen LogP contribution in [0.15, 0.2) is 66.7 Å². The van der Waals surface area contributed by atoms with E-state index >= 15 is 0 Å². The smallest absolute Gasteiger partial charge is 0.320 e. The summed E-state index contributed by atoms with van der Waals surface area (Å²) in [7, 11) is 1.35. The van der Waals surface area contributed by atoms with Crippen molar-refractivity contribution in [1.29, 1.82) is 0 Å². The lowest BCUT2D eigenvalue weighted by atomic mass is 10.0. The van der Waals surface area contributed by atoms with E-state index in [0.29, 0.717) is 36.1 Å². The molecule has 0 aliphatic heterocycles. The largest absolute Gasteiger partial charge is 0.484 e. The molecule has 4 N–H and O–H groups in total. The molecule has 44 heavy (non-hydrogen) atoms. The third kappa shape index (κ3) is 9.51. The summed E-state index contributed by atoms with van der Waals surface area (Å²) >= 11 is 0. The van der Waals surface area contributed by atoms with Crippen molar-refractivity contribution in [2.24, 2.45) is 11.7 Å². The molecule has 0 spiro atoms. The van der Waals surface area contributed by atoms with Crippen LogP contribution >= 0.6 is 0 Å². The van der Waals surface area contributed by atoms with E-state index in [1.165, 1.54) is 13.1 Å². The molecule has 4 amide bonds. The Morgan fingerprint density at radius 1 is 0.955 bits per heavy atom. The van der Waals surface area contributed by atoms with Gasteiger partial charge in [0.1, 0.15) is 23.4 Å². The zero-order valence-electron chi connectivity index (χ0n) is 24.8. The van der Waals surface area contributed by atoms with Crippen molar-refractivity contribution in [1.82, 2.24) is 5.32 Å². The molecule has 0 saturated heterocycles. The Morgan fingerprint density at radius 2 is 1.64 bits per heavy atom. The standard InChI is InChI=1S/C32H36F2N4O6/c1-20(2)12-13-36-31(42)30(38(32(35)43)25-8-4-6-21(14-25)10-11-29(40)41)22-7-5-9-27(15-22)44-19-28(39)37(3)26-17-23(33)16-24(34)18-26/h4-9,14-18,20,30H,10-13,19H2,1-3H3,(H2,35,43)(H,36,42)(H,40,41). The van der Waals surface area contributed by atoms with Crippen molar-refractivity contribution >= 4 is 35.2 Å². The fraction of sp³-hybridized carbons (Fsp3) is 0.312. The molecule has 0 heterocycles. The van der Waals surface area contributed by atoms with Gasteiger partial charge < -0.3 is 25.8 Å². The lowest BCUT2D eigenvalue weighted by Crippen LogP contribution is -2.46. The van der Waals surface area contributed by atoms with Crippen LogP contribution in [-0.4, -0.2) is 49.1 Å². The zero-order chi connectivity index (χ0) is 32.4. The van der Waals surface area contributed by atoms with E-state index < -0.39 is 48.1 Å². The number of carboxylic acid groups (broad SMARTS) is 1. The number of hydrogen-bond acceptors (Lipinski definition) is 5. The minimum atomic E-state index is -1.24. The van der Waals surface area contributed by atoms with Crippen molar-refractivity contribution in [2.45, 2.75) is 39.2 Å². The Bertz CT molecular complexity index is 1480. The maximum absolute atomic E-state index is 13.6. The minimum Gasteiger partial charge on any atom is -0.484 e. The molecule has 0 bridgehead atoms. The van der Waals surface area contributed by atoms with Crippen LogP contribution in [0.2, 0.25) is 0 Å². The van der Waals surface area contributed by atoms with Gasteiger partial charge in [0.15, 0.2) is 6.61 Å². The fourth-order valence-electron chi connectivity index (χ4n) is 4.41. The third-order valence-electron chi connectivity index (χ3n) is 6.73. The molecule has 10 nitrogen and oxygen atoms in total. The summed E-state index contributed by atoms with van der Waals surface area (Å²) in [4.78, 5) is 52.5. The number of likely N-dealkylation sites (N-methyl/N-ethyl adjacent to an activating group) is 1. The van der Waals surface area contributed by atoms with E-state index in [4.69, 9.17) is 15.6 Å². The quantitative estimate of drug-likeness (QED) is 0.239. The van der Waals surface area contributed by atoms with E-state index in [-0.39, 0.29) is 30.0 Å². The van der Waals surface area contributed by atoms with E-state index in [1.54, 1.807) is 42.5 Å². The molecule has 0 aliphatic rings. The molecule has 1 atom stereocenters. The second kappa shape index (κ2) is 15.5. The highest BCUT2D eigenvalue weighted by Crippen LogP contribution is 2.31. The first-order valence-corrected chi connectivity index (χ1v) is 14.0. The van der Waals surface area contributed by atoms with Gasteiger partial charge in [-0.1, -0.05) is 38.1 Å². The van der Waals surface area contributed by atoms with Gasteiger partial charge in [0, 0.05) is 37.5 Å². The van der Waals surface area contributed by atoms with E-state index in [2.05, 4.69) is 5.32 Å². The summed E-state index contributed by atoms with van der Waals surface area (Å²) in [6, 6.07) is 13.3. The van der Waals surface area contributed by atoms with Crippen molar-refractivity contribution in [2.75, 3.05) is 30.0 Å². The normalized spacial score (nSPS) is 11.5. The Labute approximate surface area is 254 Å². The first-order valence-electron chi connectivity index (χ1n) is 14.0. The number of carboxylic acids is 1. The maximum Gasteiger partial charge on any atom is 0.320 e. The van der Waals surface area contributed by atoms with Crippen molar-refractivity contribution in [3.05, 3.63) is 89.5 Å². The Morgan fingerprint density at radius 3 is 2.27 bits per heavy atom. The second-order valence-corrected chi connectivity index (χ2v) is 10.6. The molecule has 0 saturated carbocycles. The molecule has 0 aliphatic carbocycles. The van der Waals surface area contributed by atoms with Crippen molar-refractivity contribution in [3.8, 4) is 5.75 Å². The van der Waals surface area contributed by atoms with Crippen LogP contribution in [0.4, 0.5) is 25.0 Å². The number of rotatable bonds is 14. The summed E-state index contributed by atoms with van der Waals surface area (Å²) in [5, 5.41) is 11.9. The molecule has 234 valence electrons. The van der Waals surface area contributed by atoms with Gasteiger partial charge >= 0.3 is 12.0 Å². The van der Waals surface area contributed by atoms with Gasteiger partial charge in [-0.2, -0.15) is 0 Å². The van der Waals surface area contributed by atoms with Crippen LogP contribution in [0.3, 0.4) is 0 Å². The Balaban J connectivity index is 1.91. The molecule has 12 heteroatoms. The molecular formula is C32H36F2N4O6. The number of nitrogens with two attached hydrogens (primary N) is 1. The monoisotopic (exact) mass is 610 g/mol. The predicted molar refractivity (Wildman–Crippen MR) is 161 cm³/mol. The lowest BCUT2D eigenvalue weighted by Gasteiger charge is -2.30. The highest BCUT2D eigenvalue weighted by atomic mass is 19.1. The molecule has 0 fully saturated rings. The van der Waals surface area contributed by atoms with Crippen LogP contribution in [0.25, 0.3) is 0 Å². The molecule has 1 unspecified atom stereocenters. The number of carbonyl (C=O) groups excluding carboxylic acids is 3. The predicted octanol–water partition coefficient (Wildman–Crippen LogP) is 4.81. The Kier molecular flexibility index (Phi) is 11.8. The Hall–Kier alpha value is -5.00. The number of anilines is 2. The van der Waals surface area contributed by atoms with Crippen LogP contribution in [0, 0.1) is 17.6 Å². The number of urea groups is 1. The molecule has 0 radical (unpaired) electrons. The first-order chi connectivity index (χ1) is 20.8. The highest BCUT2D eigenvalue weighted by Gasteiger charge is 2.32. The van der Waals surface area contributed by atoms with Crippen LogP contribution in [0.1, 0.15) is 43.9 Å². The number of amides is 4. The van der Waals surface area contributed by atoms with E-state index in [1.807, 2.05) is 13.8 Å². The molecule has 0 aromatic heterocycles. The fourth-order valence-corrected chi connectivity index (χ4v) is 4.41. The summed E-state index contributed by atoms with van der Waals surface area (Å²) in [6.07, 6.45) is 0.767. The lowest BCUT2D eigenvalue weighted by molar-refractivity contribution is -0.137. The number of primary amides is 1. The van der Waals surface area contributed by atoms with Gasteiger partial charge in [-0.25, -0.2) is 13.6 Å². The molecule has 3 rings (SSSR count). The SMILES string of the molecule is CC(C)CCNC(=O)C(c1cccc(OCC(=O)N(C)c2cc(F)cc(F)c2)c1)N(C(N)=O)c1cccc(CCC(=O)O)c1. The number of hydrogen-bond donors (Lipinski definition) is 3. The van der Waals surface area contributed by atoms with Crippen molar-refractivity contribution < 1.29 is 37.8 Å². The number of benzene rings is 3. The topological polar surface area (TPSA) is 142 Å². The van der Waals surface area contributed by atoms with Crippen LogP contribution in [0.5, 0.6) is 5.75 Å². The number of nitrogens with one attached hydrogen (secondary N) is 1. The zero-order valence-corrected chi connectivity index (χ0v) is 24.8. The number of nitrogens with zero attached hydrogens (tertiary/aromatic N) is 2. The van der Waals surface area contributed by atoms with E-state index in [0.717, 1.165) is 21.9 Å². The van der Waals surface area contributed by atoms with Gasteiger partial charge in [-0.05, 0) is 66.3 Å². The molecule has 3 aromatic rings. The number of halogens is 2. The van der Waals surface area contributed by atoms with Gasteiger partial charge in [-0.3, -0.25) is 19.3 Å². The average molecular weight is 611 g/mol. The average Bonchev–Trinajstić information content (AvgIpc) is 2.96. The highest BCUT2D eigenvalue weighted by molar-refractivity contribution is 6.00. The minimum absolute atomic E-state index is 0.00525. The third-order valence-corrected chi connectivity index (χ3v) is 6.73. The van der Waals surface area contributed by atoms with Gasteiger partial charge in [-0.15, -0.1) is 0 Å².